The molecule has 21 heavy (non-hydrogen) atoms. The molecular formula is C17H17FN2O. The quantitative estimate of drug-likeness (QED) is 0.876. The highest BCUT2D eigenvalue weighted by Crippen LogP contribution is 2.30. The lowest BCUT2D eigenvalue weighted by Crippen LogP contribution is -2.32. The van der Waals surface area contributed by atoms with Gasteiger partial charge in [-0.3, -0.25) is 4.79 Å². The van der Waals surface area contributed by atoms with Crippen LogP contribution in [0.4, 0.5) is 10.1 Å². The molecule has 1 amide bonds. The summed E-state index contributed by atoms with van der Waals surface area (Å²) in [6.45, 7) is 0.552. The Morgan fingerprint density at radius 2 is 1.90 bits per heavy atom. The molecule has 0 atom stereocenters. The number of halogens is 1. The summed E-state index contributed by atoms with van der Waals surface area (Å²) in [6.07, 6.45) is 2.02. The van der Waals surface area contributed by atoms with Crippen molar-refractivity contribution in [3.8, 4) is 0 Å². The van der Waals surface area contributed by atoms with Gasteiger partial charge in [0.15, 0.2) is 0 Å². The molecule has 108 valence electrons. The minimum Gasteiger partial charge on any atom is -0.396 e. The Hall–Kier alpha value is -2.36. The van der Waals surface area contributed by atoms with Crippen LogP contribution in [-0.4, -0.2) is 16.8 Å². The maximum atomic E-state index is 13.6. The summed E-state index contributed by atoms with van der Waals surface area (Å²) >= 11 is 0. The normalized spacial score (nSPS) is 14.0. The second-order valence-corrected chi connectivity index (χ2v) is 5.39. The summed E-state index contributed by atoms with van der Waals surface area (Å²) in [5.41, 5.74) is 6.95. The Labute approximate surface area is 123 Å². The van der Waals surface area contributed by atoms with Gasteiger partial charge in [0.25, 0.3) is 5.91 Å². The monoisotopic (exact) mass is 284 g/mol. The minimum atomic E-state index is -0.545. The SMILES string of the molecule is Nc1ccc(C(=O)N(Cc2ccccc2)C2CC2)cc1F. The van der Waals surface area contributed by atoms with E-state index in [1.54, 1.807) is 6.07 Å². The molecule has 0 unspecified atom stereocenters. The second kappa shape index (κ2) is 5.56. The van der Waals surface area contributed by atoms with Crippen LogP contribution < -0.4 is 5.73 Å². The van der Waals surface area contributed by atoms with Crippen molar-refractivity contribution >= 4 is 11.6 Å². The van der Waals surface area contributed by atoms with E-state index in [0.717, 1.165) is 18.4 Å². The van der Waals surface area contributed by atoms with Crippen molar-refractivity contribution in [2.45, 2.75) is 25.4 Å². The number of rotatable bonds is 4. The molecule has 0 aliphatic heterocycles. The number of nitrogen functional groups attached to an aromatic ring is 1. The lowest BCUT2D eigenvalue weighted by Gasteiger charge is -2.23. The fraction of sp³-hybridized carbons (Fsp3) is 0.235. The standard InChI is InChI=1S/C17H17FN2O/c18-15-10-13(6-9-16(15)19)17(21)20(14-7-8-14)11-12-4-2-1-3-5-12/h1-6,9-10,14H,7-8,11,19H2. The van der Waals surface area contributed by atoms with E-state index in [1.807, 2.05) is 35.2 Å². The van der Waals surface area contributed by atoms with Crippen LogP contribution in [0.25, 0.3) is 0 Å². The first-order chi connectivity index (χ1) is 10.1. The van der Waals surface area contributed by atoms with Gasteiger partial charge < -0.3 is 10.6 Å². The number of carbonyl (C=O) groups excluding carboxylic acids is 1. The molecule has 2 N–H and O–H groups in total. The number of amides is 1. The topological polar surface area (TPSA) is 46.3 Å². The molecule has 1 saturated carbocycles. The maximum absolute atomic E-state index is 13.6. The van der Waals surface area contributed by atoms with Gasteiger partial charge >= 0.3 is 0 Å². The Balaban J connectivity index is 1.83. The van der Waals surface area contributed by atoms with Gasteiger partial charge in [-0.1, -0.05) is 30.3 Å². The van der Waals surface area contributed by atoms with Gasteiger partial charge in [0.2, 0.25) is 0 Å². The molecule has 2 aromatic rings. The van der Waals surface area contributed by atoms with E-state index < -0.39 is 5.82 Å². The Bertz CT molecular complexity index is 653. The predicted molar refractivity (Wildman–Crippen MR) is 80.1 cm³/mol. The molecule has 3 rings (SSSR count). The molecule has 3 nitrogen and oxygen atoms in total. The Morgan fingerprint density at radius 3 is 2.52 bits per heavy atom. The summed E-state index contributed by atoms with van der Waals surface area (Å²) in [5.74, 6) is -0.684. The fourth-order valence-electron chi connectivity index (χ4n) is 2.36. The molecule has 0 spiro atoms. The van der Waals surface area contributed by atoms with Crippen LogP contribution >= 0.6 is 0 Å². The number of nitrogens with two attached hydrogens (primary N) is 1. The van der Waals surface area contributed by atoms with Crippen molar-refractivity contribution in [1.29, 1.82) is 0 Å². The predicted octanol–water partition coefficient (Wildman–Crippen LogP) is 3.21. The van der Waals surface area contributed by atoms with E-state index in [4.69, 9.17) is 5.73 Å². The van der Waals surface area contributed by atoms with Gasteiger partial charge in [-0.2, -0.15) is 0 Å². The van der Waals surface area contributed by atoms with Gasteiger partial charge in [-0.25, -0.2) is 4.39 Å². The first-order valence-electron chi connectivity index (χ1n) is 7.05. The van der Waals surface area contributed by atoms with Crippen LogP contribution in [0.2, 0.25) is 0 Å². The van der Waals surface area contributed by atoms with Crippen molar-refractivity contribution in [1.82, 2.24) is 4.90 Å². The van der Waals surface area contributed by atoms with E-state index in [-0.39, 0.29) is 17.6 Å². The van der Waals surface area contributed by atoms with Gasteiger partial charge in [0, 0.05) is 18.2 Å². The van der Waals surface area contributed by atoms with E-state index in [1.165, 1.54) is 12.1 Å². The first-order valence-corrected chi connectivity index (χ1v) is 7.05. The average molecular weight is 284 g/mol. The molecule has 0 aromatic heterocycles. The maximum Gasteiger partial charge on any atom is 0.254 e. The molecule has 4 heteroatoms. The van der Waals surface area contributed by atoms with E-state index in [0.29, 0.717) is 12.1 Å². The van der Waals surface area contributed by atoms with Crippen LogP contribution in [0, 0.1) is 5.82 Å². The molecule has 1 fully saturated rings. The lowest BCUT2D eigenvalue weighted by molar-refractivity contribution is 0.0729. The average Bonchev–Trinajstić information content (AvgIpc) is 3.33. The molecular weight excluding hydrogens is 267 g/mol. The number of hydrogen-bond acceptors (Lipinski definition) is 2. The van der Waals surface area contributed by atoms with Crippen LogP contribution in [0.1, 0.15) is 28.8 Å². The first kappa shape index (κ1) is 13.6. The zero-order valence-electron chi connectivity index (χ0n) is 11.6. The van der Waals surface area contributed by atoms with Crippen molar-refractivity contribution < 1.29 is 9.18 Å². The molecule has 1 aliphatic rings. The molecule has 0 saturated heterocycles. The highest BCUT2D eigenvalue weighted by atomic mass is 19.1. The third-order valence-electron chi connectivity index (χ3n) is 3.69. The number of anilines is 1. The highest BCUT2D eigenvalue weighted by Gasteiger charge is 2.33. The third-order valence-corrected chi connectivity index (χ3v) is 3.69. The summed E-state index contributed by atoms with van der Waals surface area (Å²) in [4.78, 5) is 14.4. The fourth-order valence-corrected chi connectivity index (χ4v) is 2.36. The van der Waals surface area contributed by atoms with Gasteiger partial charge in [-0.05, 0) is 36.6 Å². The summed E-state index contributed by atoms with van der Waals surface area (Å²) in [7, 11) is 0. The molecule has 0 radical (unpaired) electrons. The summed E-state index contributed by atoms with van der Waals surface area (Å²) < 4.78 is 13.6. The number of nitrogens with zero attached hydrogens (tertiary/aromatic N) is 1. The van der Waals surface area contributed by atoms with Gasteiger partial charge in [0.05, 0.1) is 5.69 Å². The Morgan fingerprint density at radius 1 is 1.19 bits per heavy atom. The van der Waals surface area contributed by atoms with Gasteiger partial charge in [0.1, 0.15) is 5.82 Å². The Kier molecular flexibility index (Phi) is 3.60. The van der Waals surface area contributed by atoms with Crippen molar-refractivity contribution in [2.24, 2.45) is 0 Å². The largest absolute Gasteiger partial charge is 0.396 e. The summed E-state index contributed by atoms with van der Waals surface area (Å²) in [5, 5.41) is 0. The smallest absolute Gasteiger partial charge is 0.254 e. The molecule has 0 heterocycles. The second-order valence-electron chi connectivity index (χ2n) is 5.39. The van der Waals surface area contributed by atoms with E-state index in [9.17, 15) is 9.18 Å². The number of carbonyl (C=O) groups is 1. The lowest BCUT2D eigenvalue weighted by atomic mass is 10.1. The minimum absolute atomic E-state index is 0.0626. The van der Waals surface area contributed by atoms with Crippen LogP contribution in [-0.2, 0) is 6.54 Å². The van der Waals surface area contributed by atoms with Crippen molar-refractivity contribution in [3.63, 3.8) is 0 Å². The van der Waals surface area contributed by atoms with Crippen molar-refractivity contribution in [3.05, 3.63) is 65.5 Å². The zero-order valence-corrected chi connectivity index (χ0v) is 11.6. The summed E-state index contributed by atoms with van der Waals surface area (Å²) in [6, 6.07) is 14.3. The number of hydrogen-bond donors (Lipinski definition) is 1. The third kappa shape index (κ3) is 3.05. The molecule has 2 aromatic carbocycles. The highest BCUT2D eigenvalue weighted by molar-refractivity contribution is 5.95. The number of benzene rings is 2. The zero-order chi connectivity index (χ0) is 14.8. The van der Waals surface area contributed by atoms with Gasteiger partial charge in [-0.15, -0.1) is 0 Å². The molecule has 0 bridgehead atoms. The van der Waals surface area contributed by atoms with Crippen molar-refractivity contribution in [2.75, 3.05) is 5.73 Å². The van der Waals surface area contributed by atoms with E-state index >= 15 is 0 Å². The van der Waals surface area contributed by atoms with Crippen LogP contribution in [0.3, 0.4) is 0 Å². The van der Waals surface area contributed by atoms with Crippen LogP contribution in [0.15, 0.2) is 48.5 Å². The molecule has 1 aliphatic carbocycles. The van der Waals surface area contributed by atoms with Crippen LogP contribution in [0.5, 0.6) is 0 Å². The van der Waals surface area contributed by atoms with E-state index in [2.05, 4.69) is 0 Å².